The van der Waals surface area contributed by atoms with Gasteiger partial charge < -0.3 is 42.5 Å². The summed E-state index contributed by atoms with van der Waals surface area (Å²) in [5.74, 6) is -4.42. The van der Waals surface area contributed by atoms with Crippen molar-refractivity contribution in [3.05, 3.63) is 0 Å². The minimum absolute atomic E-state index is 0.0940. The molecule has 0 aliphatic carbocycles. The maximum absolute atomic E-state index is 13.2. The lowest BCUT2D eigenvalue weighted by Gasteiger charge is -2.32. The van der Waals surface area contributed by atoms with Gasteiger partial charge in [-0.3, -0.25) is 24.2 Å². The maximum atomic E-state index is 13.2. The number of hydrogen-bond donors (Lipinski definition) is 6. The first-order valence-corrected chi connectivity index (χ1v) is 11.2. The monoisotopic (exact) mass is 483 g/mol. The van der Waals surface area contributed by atoms with Crippen molar-refractivity contribution in [1.82, 2.24) is 15.1 Å². The molecule has 0 aromatic carbocycles. The fourth-order valence-corrected chi connectivity index (χ4v) is 4.27. The normalized spacial score (nSPS) is 21.6. The molecule has 2 rings (SSSR count). The molecule has 14 heteroatoms. The van der Waals surface area contributed by atoms with Crippen molar-refractivity contribution in [2.45, 2.75) is 69.1 Å². The Morgan fingerprint density at radius 1 is 1.00 bits per heavy atom. The quantitative estimate of drug-likeness (QED) is 0.102. The molecule has 3 amide bonds. The molecule has 190 valence electrons. The van der Waals surface area contributed by atoms with Crippen molar-refractivity contribution < 1.29 is 34.2 Å². The Balaban J connectivity index is 2.07. The van der Waals surface area contributed by atoms with E-state index in [-0.39, 0.29) is 32.0 Å². The molecule has 0 aromatic rings. The molecule has 0 radical (unpaired) electrons. The van der Waals surface area contributed by atoms with E-state index in [1.165, 1.54) is 9.80 Å². The lowest BCUT2D eigenvalue weighted by molar-refractivity contribution is -0.153. The Labute approximate surface area is 196 Å². The highest BCUT2D eigenvalue weighted by Crippen LogP contribution is 2.25. The van der Waals surface area contributed by atoms with E-state index in [1.54, 1.807) is 0 Å². The molecule has 0 spiro atoms. The maximum Gasteiger partial charge on any atom is 0.326 e. The van der Waals surface area contributed by atoms with Crippen molar-refractivity contribution in [3.8, 4) is 0 Å². The third kappa shape index (κ3) is 7.04. The second-order valence-corrected chi connectivity index (χ2v) is 8.43. The van der Waals surface area contributed by atoms with Crippen LogP contribution in [-0.4, -0.2) is 99.4 Å². The average molecular weight is 484 g/mol. The van der Waals surface area contributed by atoms with Gasteiger partial charge in [-0.25, -0.2) is 4.79 Å². The van der Waals surface area contributed by atoms with E-state index < -0.39 is 60.2 Å². The van der Waals surface area contributed by atoms with Crippen LogP contribution in [0.1, 0.15) is 44.9 Å². The molecular formula is C20H33N7O7. The average Bonchev–Trinajstić information content (AvgIpc) is 3.44. The molecule has 2 aliphatic heterocycles. The second kappa shape index (κ2) is 12.2. The molecule has 0 aromatic heterocycles. The van der Waals surface area contributed by atoms with Gasteiger partial charge in [0.15, 0.2) is 5.96 Å². The standard InChI is InChI=1S/C20H33N7O7/c21-11(4-1-7-24-20(22)23)16(30)25-12(10-15(28)29)17(31)26-8-2-5-13(26)18(32)27-9-3-6-14(27)19(33)34/h11-14H,1-10,21H2,(H,25,30)(H,28,29)(H,33,34)(H4,22,23,24). The van der Waals surface area contributed by atoms with E-state index >= 15 is 0 Å². The number of hydrogen-bond acceptors (Lipinski definition) is 7. The van der Waals surface area contributed by atoms with Gasteiger partial charge in [-0.05, 0) is 38.5 Å². The predicted molar refractivity (Wildman–Crippen MR) is 119 cm³/mol. The van der Waals surface area contributed by atoms with Crippen LogP contribution in [0.5, 0.6) is 0 Å². The lowest BCUT2D eigenvalue weighted by Crippen LogP contribution is -2.57. The molecular weight excluding hydrogens is 450 g/mol. The number of carbonyl (C=O) groups is 5. The number of aliphatic imine (C=N–C) groups is 1. The Bertz CT molecular complexity index is 830. The summed E-state index contributed by atoms with van der Waals surface area (Å²) in [7, 11) is 0. The molecule has 2 aliphatic rings. The van der Waals surface area contributed by atoms with Gasteiger partial charge in [-0.2, -0.15) is 0 Å². The summed E-state index contributed by atoms with van der Waals surface area (Å²) in [6, 6.07) is -4.29. The Morgan fingerprint density at radius 2 is 1.62 bits per heavy atom. The van der Waals surface area contributed by atoms with Gasteiger partial charge in [-0.15, -0.1) is 0 Å². The molecule has 0 saturated carbocycles. The van der Waals surface area contributed by atoms with Gasteiger partial charge in [0.1, 0.15) is 18.1 Å². The van der Waals surface area contributed by atoms with E-state index in [0.29, 0.717) is 32.1 Å². The fourth-order valence-electron chi connectivity index (χ4n) is 4.27. The highest BCUT2D eigenvalue weighted by molar-refractivity contribution is 5.96. The van der Waals surface area contributed by atoms with Crippen LogP contribution < -0.4 is 22.5 Å². The highest BCUT2D eigenvalue weighted by atomic mass is 16.4. The molecule has 4 atom stereocenters. The van der Waals surface area contributed by atoms with Crippen LogP contribution in [-0.2, 0) is 24.0 Å². The van der Waals surface area contributed by atoms with Crippen LogP contribution in [0.4, 0.5) is 0 Å². The molecule has 2 fully saturated rings. The molecule has 0 bridgehead atoms. The number of nitrogens with two attached hydrogens (primary N) is 3. The number of likely N-dealkylation sites (tertiary alicyclic amines) is 2. The number of guanidine groups is 1. The van der Waals surface area contributed by atoms with Crippen molar-refractivity contribution in [1.29, 1.82) is 0 Å². The summed E-state index contributed by atoms with van der Waals surface area (Å²) in [6.45, 7) is 0.724. The Hall–Kier alpha value is -3.42. The number of amides is 3. The first kappa shape index (κ1) is 26.8. The molecule has 2 heterocycles. The van der Waals surface area contributed by atoms with Gasteiger partial charge in [-0.1, -0.05) is 0 Å². The van der Waals surface area contributed by atoms with Gasteiger partial charge in [0, 0.05) is 19.6 Å². The molecule has 2 saturated heterocycles. The van der Waals surface area contributed by atoms with Gasteiger partial charge >= 0.3 is 11.9 Å². The first-order chi connectivity index (χ1) is 16.0. The van der Waals surface area contributed by atoms with E-state index in [9.17, 15) is 34.2 Å². The highest BCUT2D eigenvalue weighted by Gasteiger charge is 2.43. The number of carbonyl (C=O) groups excluding carboxylic acids is 3. The van der Waals surface area contributed by atoms with Crippen LogP contribution in [0.2, 0.25) is 0 Å². The van der Waals surface area contributed by atoms with Crippen molar-refractivity contribution in [2.24, 2.45) is 22.2 Å². The van der Waals surface area contributed by atoms with Gasteiger partial charge in [0.25, 0.3) is 0 Å². The number of nitrogens with one attached hydrogen (secondary N) is 1. The van der Waals surface area contributed by atoms with Crippen molar-refractivity contribution in [2.75, 3.05) is 19.6 Å². The first-order valence-electron chi connectivity index (χ1n) is 11.2. The zero-order valence-electron chi connectivity index (χ0n) is 18.9. The van der Waals surface area contributed by atoms with Crippen LogP contribution >= 0.6 is 0 Å². The van der Waals surface area contributed by atoms with Crippen molar-refractivity contribution >= 4 is 35.6 Å². The zero-order chi connectivity index (χ0) is 25.4. The second-order valence-electron chi connectivity index (χ2n) is 8.43. The zero-order valence-corrected chi connectivity index (χ0v) is 18.9. The summed E-state index contributed by atoms with van der Waals surface area (Å²) < 4.78 is 0. The summed E-state index contributed by atoms with van der Waals surface area (Å²) in [5, 5.41) is 21.0. The number of aliphatic carboxylic acids is 2. The molecule has 14 nitrogen and oxygen atoms in total. The number of rotatable bonds is 11. The van der Waals surface area contributed by atoms with E-state index in [2.05, 4.69) is 10.3 Å². The molecule has 34 heavy (non-hydrogen) atoms. The third-order valence-electron chi connectivity index (χ3n) is 5.94. The van der Waals surface area contributed by atoms with Gasteiger partial charge in [0.2, 0.25) is 17.7 Å². The fraction of sp³-hybridized carbons (Fsp3) is 0.700. The van der Waals surface area contributed by atoms with Crippen LogP contribution in [0.25, 0.3) is 0 Å². The van der Waals surface area contributed by atoms with E-state index in [0.717, 1.165) is 0 Å². The topological polar surface area (TPSA) is 235 Å². The minimum Gasteiger partial charge on any atom is -0.481 e. The third-order valence-corrected chi connectivity index (χ3v) is 5.94. The summed E-state index contributed by atoms with van der Waals surface area (Å²) in [6.07, 6.45) is 1.60. The lowest BCUT2D eigenvalue weighted by atomic mass is 10.1. The smallest absolute Gasteiger partial charge is 0.326 e. The molecule has 9 N–H and O–H groups in total. The molecule has 4 unspecified atom stereocenters. The predicted octanol–water partition coefficient (Wildman–Crippen LogP) is -2.61. The summed E-state index contributed by atoms with van der Waals surface area (Å²) >= 11 is 0. The Morgan fingerprint density at radius 3 is 2.21 bits per heavy atom. The minimum atomic E-state index is -1.42. The van der Waals surface area contributed by atoms with Gasteiger partial charge in [0.05, 0.1) is 12.5 Å². The summed E-state index contributed by atoms with van der Waals surface area (Å²) in [4.78, 5) is 67.9. The van der Waals surface area contributed by atoms with Crippen LogP contribution in [0.3, 0.4) is 0 Å². The van der Waals surface area contributed by atoms with Crippen LogP contribution in [0.15, 0.2) is 4.99 Å². The number of carboxylic acids is 2. The van der Waals surface area contributed by atoms with E-state index in [1.807, 2.05) is 0 Å². The number of carboxylic acid groups (broad SMARTS) is 2. The van der Waals surface area contributed by atoms with Crippen LogP contribution in [0, 0.1) is 0 Å². The number of nitrogens with zero attached hydrogens (tertiary/aromatic N) is 3. The SMILES string of the molecule is NC(N)=NCCCC(N)C(=O)NC(CC(=O)O)C(=O)N1CCCC1C(=O)N1CCCC1C(=O)O. The largest absolute Gasteiger partial charge is 0.481 e. The van der Waals surface area contributed by atoms with Crippen molar-refractivity contribution in [3.63, 3.8) is 0 Å². The summed E-state index contributed by atoms with van der Waals surface area (Å²) in [5.41, 5.74) is 16.3. The van der Waals surface area contributed by atoms with E-state index in [4.69, 9.17) is 17.2 Å². The Kier molecular flexibility index (Phi) is 9.59.